The average molecular weight is 509 g/mol. The van der Waals surface area contributed by atoms with Crippen LogP contribution in [0.1, 0.15) is 42.9 Å². The van der Waals surface area contributed by atoms with Gasteiger partial charge >= 0.3 is 0 Å². The third kappa shape index (κ3) is 5.68. The van der Waals surface area contributed by atoms with Gasteiger partial charge in [0.25, 0.3) is 0 Å². The molecule has 3 aromatic rings. The van der Waals surface area contributed by atoms with E-state index in [9.17, 15) is 5.11 Å². The molecule has 0 spiro atoms. The van der Waals surface area contributed by atoms with Crippen LogP contribution in [0.15, 0.2) is 83.3 Å². The first kappa shape index (κ1) is 24.0. The lowest BCUT2D eigenvalue weighted by Gasteiger charge is -2.42. The Morgan fingerprint density at radius 3 is 2.09 bits per heavy atom. The minimum Gasteiger partial charge on any atom is -0.491 e. The maximum atomic E-state index is 12.0. The zero-order valence-corrected chi connectivity index (χ0v) is 21.2. The smallest absolute Gasteiger partial charge is 0.120 e. The summed E-state index contributed by atoms with van der Waals surface area (Å²) in [4.78, 5) is 2.51. The molecule has 33 heavy (non-hydrogen) atoms. The fraction of sp³-hybridized carbons (Fsp3) is 0.379. The van der Waals surface area contributed by atoms with Crippen LogP contribution in [0.2, 0.25) is 0 Å². The van der Waals surface area contributed by atoms with Gasteiger partial charge in [0.15, 0.2) is 0 Å². The second kappa shape index (κ2) is 10.9. The summed E-state index contributed by atoms with van der Waals surface area (Å²) in [5, 5.41) is 12.0. The van der Waals surface area contributed by atoms with Crippen LogP contribution < -0.4 is 4.74 Å². The number of hydrogen-bond acceptors (Lipinski definition) is 3. The Morgan fingerprint density at radius 1 is 0.970 bits per heavy atom. The highest BCUT2D eigenvalue weighted by atomic mass is 79.9. The Morgan fingerprint density at radius 2 is 1.55 bits per heavy atom. The molecule has 1 heterocycles. The summed E-state index contributed by atoms with van der Waals surface area (Å²) in [5.74, 6) is 1.12. The third-order valence-corrected chi connectivity index (χ3v) is 7.81. The Kier molecular flexibility index (Phi) is 7.90. The molecular weight excluding hydrogens is 474 g/mol. The standard InChI is InChI=1S/C29H34BrNO2/c1-22-21-27(13-14-28(22)30)33-23(2)15-18-31-19-16-26(17-20-31)29(32,24-9-5-3-6-10-24)25-11-7-4-8-12-25/h3-14,21,23,26,32H,15-20H2,1-2H3. The number of ether oxygens (including phenoxy) is 1. The van der Waals surface area contributed by atoms with Crippen LogP contribution in [0.4, 0.5) is 0 Å². The van der Waals surface area contributed by atoms with Crippen LogP contribution >= 0.6 is 15.9 Å². The van der Waals surface area contributed by atoms with Crippen molar-refractivity contribution in [3.05, 3.63) is 100 Å². The van der Waals surface area contributed by atoms with E-state index in [1.807, 2.05) is 48.5 Å². The van der Waals surface area contributed by atoms with Gasteiger partial charge in [-0.1, -0.05) is 76.6 Å². The number of likely N-dealkylation sites (tertiary alicyclic amines) is 1. The zero-order chi connectivity index (χ0) is 23.3. The Labute approximate surface area is 206 Å². The van der Waals surface area contributed by atoms with E-state index in [2.05, 4.69) is 65.0 Å². The molecule has 3 nitrogen and oxygen atoms in total. The lowest BCUT2D eigenvalue weighted by molar-refractivity contribution is -0.0152. The Hall–Kier alpha value is -2.14. The molecule has 4 rings (SSSR count). The predicted molar refractivity (Wildman–Crippen MR) is 139 cm³/mol. The van der Waals surface area contributed by atoms with Gasteiger partial charge in [0.1, 0.15) is 11.4 Å². The highest BCUT2D eigenvalue weighted by Gasteiger charge is 2.41. The number of aryl methyl sites for hydroxylation is 1. The molecule has 1 N–H and O–H groups in total. The van der Waals surface area contributed by atoms with Gasteiger partial charge in [0, 0.05) is 11.0 Å². The Balaban J connectivity index is 1.35. The van der Waals surface area contributed by atoms with Gasteiger partial charge < -0.3 is 14.7 Å². The van der Waals surface area contributed by atoms with Crippen LogP contribution in [0.5, 0.6) is 5.75 Å². The van der Waals surface area contributed by atoms with E-state index in [-0.39, 0.29) is 12.0 Å². The second-order valence-corrected chi connectivity index (χ2v) is 10.1. The highest BCUT2D eigenvalue weighted by molar-refractivity contribution is 9.10. The molecule has 1 unspecified atom stereocenters. The molecule has 174 valence electrons. The van der Waals surface area contributed by atoms with Crippen molar-refractivity contribution in [1.29, 1.82) is 0 Å². The van der Waals surface area contributed by atoms with E-state index in [1.165, 1.54) is 5.56 Å². The van der Waals surface area contributed by atoms with Crippen molar-refractivity contribution in [3.63, 3.8) is 0 Å². The summed E-state index contributed by atoms with van der Waals surface area (Å²) in [7, 11) is 0. The quantitative estimate of drug-likeness (QED) is 0.374. The maximum Gasteiger partial charge on any atom is 0.120 e. The number of benzene rings is 3. The first-order valence-electron chi connectivity index (χ1n) is 12.0. The molecule has 1 fully saturated rings. The molecular formula is C29H34BrNO2. The number of rotatable bonds is 8. The van der Waals surface area contributed by atoms with Gasteiger partial charge in [-0.25, -0.2) is 0 Å². The van der Waals surface area contributed by atoms with Crippen molar-refractivity contribution >= 4 is 15.9 Å². The summed E-state index contributed by atoms with van der Waals surface area (Å²) in [6.07, 6.45) is 3.10. The zero-order valence-electron chi connectivity index (χ0n) is 19.6. The number of piperidine rings is 1. The molecule has 0 aliphatic carbocycles. The van der Waals surface area contributed by atoms with E-state index in [1.54, 1.807) is 0 Å². The third-order valence-electron chi connectivity index (χ3n) is 6.92. The first-order chi connectivity index (χ1) is 16.0. The minimum atomic E-state index is -0.954. The molecule has 0 saturated carbocycles. The molecule has 1 atom stereocenters. The minimum absolute atomic E-state index is 0.161. The van der Waals surface area contributed by atoms with Gasteiger partial charge in [-0.2, -0.15) is 0 Å². The molecule has 1 aliphatic rings. The number of aliphatic hydroxyl groups is 1. The van der Waals surface area contributed by atoms with Crippen molar-refractivity contribution in [1.82, 2.24) is 4.90 Å². The summed E-state index contributed by atoms with van der Waals surface area (Å²) in [6, 6.07) is 26.5. The van der Waals surface area contributed by atoms with Crippen molar-refractivity contribution in [2.24, 2.45) is 5.92 Å². The number of nitrogens with zero attached hydrogens (tertiary/aromatic N) is 1. The van der Waals surface area contributed by atoms with Gasteiger partial charge in [-0.3, -0.25) is 0 Å². The van der Waals surface area contributed by atoms with Gasteiger partial charge in [-0.15, -0.1) is 0 Å². The summed E-state index contributed by atoms with van der Waals surface area (Å²) in [6.45, 7) is 7.23. The lowest BCUT2D eigenvalue weighted by atomic mass is 9.72. The van der Waals surface area contributed by atoms with E-state index in [4.69, 9.17) is 4.74 Å². The topological polar surface area (TPSA) is 32.7 Å². The predicted octanol–water partition coefficient (Wildman–Crippen LogP) is 6.56. The first-order valence-corrected chi connectivity index (χ1v) is 12.7. The van der Waals surface area contributed by atoms with Gasteiger partial charge in [-0.05, 0) is 87.0 Å². The highest BCUT2D eigenvalue weighted by Crippen LogP contribution is 2.41. The average Bonchev–Trinajstić information content (AvgIpc) is 2.86. The SMILES string of the molecule is Cc1cc(OC(C)CCN2CCC(C(O)(c3ccccc3)c3ccccc3)CC2)ccc1Br. The van der Waals surface area contributed by atoms with E-state index < -0.39 is 5.60 Å². The second-order valence-electron chi connectivity index (χ2n) is 9.24. The van der Waals surface area contributed by atoms with Crippen LogP contribution in [0.25, 0.3) is 0 Å². The summed E-state index contributed by atoms with van der Waals surface area (Å²) >= 11 is 3.55. The van der Waals surface area contributed by atoms with Crippen molar-refractivity contribution in [2.75, 3.05) is 19.6 Å². The molecule has 1 saturated heterocycles. The molecule has 3 aromatic carbocycles. The van der Waals surface area contributed by atoms with Crippen LogP contribution in [0.3, 0.4) is 0 Å². The largest absolute Gasteiger partial charge is 0.491 e. The molecule has 4 heteroatoms. The van der Waals surface area contributed by atoms with Crippen LogP contribution in [-0.2, 0) is 5.60 Å². The van der Waals surface area contributed by atoms with Crippen LogP contribution in [-0.4, -0.2) is 35.7 Å². The molecule has 0 aromatic heterocycles. The lowest BCUT2D eigenvalue weighted by Crippen LogP contribution is -2.44. The van der Waals surface area contributed by atoms with E-state index >= 15 is 0 Å². The van der Waals surface area contributed by atoms with Gasteiger partial charge in [0.2, 0.25) is 0 Å². The van der Waals surface area contributed by atoms with Crippen molar-refractivity contribution in [2.45, 2.75) is 44.8 Å². The summed E-state index contributed by atoms with van der Waals surface area (Å²) in [5.41, 5.74) is 2.21. The normalized spacial score (nSPS) is 16.5. The molecule has 0 amide bonds. The summed E-state index contributed by atoms with van der Waals surface area (Å²) < 4.78 is 7.25. The molecule has 0 bridgehead atoms. The fourth-order valence-electron chi connectivity index (χ4n) is 4.94. The van der Waals surface area contributed by atoms with Crippen molar-refractivity contribution in [3.8, 4) is 5.75 Å². The van der Waals surface area contributed by atoms with Crippen molar-refractivity contribution < 1.29 is 9.84 Å². The van der Waals surface area contributed by atoms with E-state index in [0.717, 1.165) is 60.2 Å². The molecule has 0 radical (unpaired) electrons. The fourth-order valence-corrected chi connectivity index (χ4v) is 5.19. The molecule has 1 aliphatic heterocycles. The maximum absolute atomic E-state index is 12.0. The van der Waals surface area contributed by atoms with E-state index in [0.29, 0.717) is 0 Å². The number of hydrogen-bond donors (Lipinski definition) is 1. The van der Waals surface area contributed by atoms with Gasteiger partial charge in [0.05, 0.1) is 6.10 Å². The monoisotopic (exact) mass is 507 g/mol. The van der Waals surface area contributed by atoms with Crippen LogP contribution in [0, 0.1) is 12.8 Å². The Bertz CT molecular complexity index is 977. The number of halogens is 1.